The highest BCUT2D eigenvalue weighted by atomic mass is 16.6. The predicted molar refractivity (Wildman–Crippen MR) is 56.5 cm³/mol. The summed E-state index contributed by atoms with van der Waals surface area (Å²) in [4.78, 5) is 10.7. The second kappa shape index (κ2) is 7.62. The topological polar surface area (TPSA) is 70.8 Å². The molecule has 0 rings (SSSR count). The van der Waals surface area contributed by atoms with Gasteiger partial charge < -0.3 is 19.9 Å². The Morgan fingerprint density at radius 1 is 1.13 bits per heavy atom. The van der Waals surface area contributed by atoms with Crippen LogP contribution >= 0.6 is 0 Å². The van der Waals surface area contributed by atoms with Crippen molar-refractivity contribution in [2.75, 3.05) is 20.3 Å². The van der Waals surface area contributed by atoms with Crippen molar-refractivity contribution in [3.8, 4) is 0 Å². The summed E-state index contributed by atoms with van der Waals surface area (Å²) in [6.45, 7) is 6.26. The van der Waals surface area contributed by atoms with E-state index in [2.05, 4.69) is 0 Å². The van der Waals surface area contributed by atoms with Crippen molar-refractivity contribution >= 4 is 5.91 Å². The SMILES string of the molecule is COC(C)COC(C)COC(C)C(N)=O. The van der Waals surface area contributed by atoms with Gasteiger partial charge in [0.25, 0.3) is 0 Å². The highest BCUT2D eigenvalue weighted by Crippen LogP contribution is 1.98. The van der Waals surface area contributed by atoms with Crippen LogP contribution in [0.3, 0.4) is 0 Å². The lowest BCUT2D eigenvalue weighted by Gasteiger charge is -2.17. The first-order valence-corrected chi connectivity index (χ1v) is 5.02. The van der Waals surface area contributed by atoms with Gasteiger partial charge in [-0.1, -0.05) is 0 Å². The van der Waals surface area contributed by atoms with E-state index in [0.717, 1.165) is 0 Å². The lowest BCUT2D eigenvalue weighted by atomic mass is 10.3. The molecule has 0 aromatic rings. The number of methoxy groups -OCH3 is 1. The number of hydrogen-bond acceptors (Lipinski definition) is 4. The van der Waals surface area contributed by atoms with Gasteiger partial charge in [-0.2, -0.15) is 0 Å². The molecular weight excluding hydrogens is 198 g/mol. The van der Waals surface area contributed by atoms with E-state index in [0.29, 0.717) is 13.2 Å². The molecular formula is C10H21NO4. The summed E-state index contributed by atoms with van der Waals surface area (Å²) in [5.41, 5.74) is 5.04. The fourth-order valence-electron chi connectivity index (χ4n) is 0.778. The van der Waals surface area contributed by atoms with Crippen LogP contribution in [0, 0.1) is 0 Å². The Labute approximate surface area is 90.9 Å². The van der Waals surface area contributed by atoms with Gasteiger partial charge in [0.2, 0.25) is 5.91 Å². The minimum atomic E-state index is -0.573. The Hall–Kier alpha value is -0.650. The van der Waals surface area contributed by atoms with E-state index in [9.17, 15) is 4.79 Å². The van der Waals surface area contributed by atoms with Gasteiger partial charge in [0.1, 0.15) is 6.10 Å². The van der Waals surface area contributed by atoms with Crippen LogP contribution in [0.2, 0.25) is 0 Å². The summed E-state index contributed by atoms with van der Waals surface area (Å²) in [6, 6.07) is 0. The molecule has 0 aliphatic heterocycles. The molecule has 0 aromatic heterocycles. The maximum absolute atomic E-state index is 10.7. The Morgan fingerprint density at radius 2 is 1.67 bits per heavy atom. The molecule has 5 heteroatoms. The number of ether oxygens (including phenoxy) is 3. The summed E-state index contributed by atoms with van der Waals surface area (Å²) in [6.07, 6.45) is -0.596. The maximum Gasteiger partial charge on any atom is 0.246 e. The summed E-state index contributed by atoms with van der Waals surface area (Å²) < 4.78 is 15.6. The molecule has 2 N–H and O–H groups in total. The molecule has 0 saturated heterocycles. The molecule has 0 aromatic carbocycles. The number of nitrogens with two attached hydrogens (primary N) is 1. The lowest BCUT2D eigenvalue weighted by Crippen LogP contribution is -2.31. The third-order valence-electron chi connectivity index (χ3n) is 2.00. The maximum atomic E-state index is 10.7. The molecule has 0 saturated carbocycles. The lowest BCUT2D eigenvalue weighted by molar-refractivity contribution is -0.131. The first-order valence-electron chi connectivity index (χ1n) is 5.02. The molecule has 3 atom stereocenters. The number of amides is 1. The number of hydrogen-bond donors (Lipinski definition) is 1. The normalized spacial score (nSPS) is 17.1. The van der Waals surface area contributed by atoms with Gasteiger partial charge in [-0.25, -0.2) is 0 Å². The third-order valence-corrected chi connectivity index (χ3v) is 2.00. The third kappa shape index (κ3) is 7.30. The van der Waals surface area contributed by atoms with Crippen molar-refractivity contribution in [1.82, 2.24) is 0 Å². The Balaban J connectivity index is 3.57. The zero-order valence-electron chi connectivity index (χ0n) is 9.86. The van der Waals surface area contributed by atoms with Crippen molar-refractivity contribution in [1.29, 1.82) is 0 Å². The largest absolute Gasteiger partial charge is 0.379 e. The van der Waals surface area contributed by atoms with E-state index < -0.39 is 12.0 Å². The minimum Gasteiger partial charge on any atom is -0.379 e. The van der Waals surface area contributed by atoms with Gasteiger partial charge in [0.05, 0.1) is 25.4 Å². The summed E-state index contributed by atoms with van der Waals surface area (Å²) in [5, 5.41) is 0. The van der Waals surface area contributed by atoms with Gasteiger partial charge in [-0.15, -0.1) is 0 Å². The van der Waals surface area contributed by atoms with Gasteiger partial charge in [-0.05, 0) is 20.8 Å². The fraction of sp³-hybridized carbons (Fsp3) is 0.900. The van der Waals surface area contributed by atoms with Gasteiger partial charge in [-0.3, -0.25) is 4.79 Å². The number of carbonyl (C=O) groups excluding carboxylic acids is 1. The van der Waals surface area contributed by atoms with Gasteiger partial charge >= 0.3 is 0 Å². The molecule has 3 unspecified atom stereocenters. The van der Waals surface area contributed by atoms with Crippen LogP contribution in [0.25, 0.3) is 0 Å². The molecule has 0 spiro atoms. The number of carbonyl (C=O) groups is 1. The number of rotatable bonds is 8. The van der Waals surface area contributed by atoms with Crippen molar-refractivity contribution in [3.05, 3.63) is 0 Å². The van der Waals surface area contributed by atoms with Crippen LogP contribution in [0.1, 0.15) is 20.8 Å². The monoisotopic (exact) mass is 219 g/mol. The van der Waals surface area contributed by atoms with Crippen molar-refractivity contribution in [2.45, 2.75) is 39.1 Å². The van der Waals surface area contributed by atoms with Crippen LogP contribution in [-0.4, -0.2) is 44.5 Å². The van der Waals surface area contributed by atoms with Gasteiger partial charge in [0.15, 0.2) is 0 Å². The van der Waals surface area contributed by atoms with Crippen LogP contribution < -0.4 is 5.73 Å². The van der Waals surface area contributed by atoms with Crippen molar-refractivity contribution in [3.63, 3.8) is 0 Å². The zero-order valence-corrected chi connectivity index (χ0v) is 9.86. The standard InChI is InChI=1S/C10H21NO4/c1-7(13-4)5-14-8(2)6-15-9(3)10(11)12/h7-9H,5-6H2,1-4H3,(H2,11,12). The van der Waals surface area contributed by atoms with E-state index in [1.54, 1.807) is 14.0 Å². The Bertz CT molecular complexity index is 186. The zero-order chi connectivity index (χ0) is 11.8. The first kappa shape index (κ1) is 14.3. The average Bonchev–Trinajstić information content (AvgIpc) is 2.21. The fourth-order valence-corrected chi connectivity index (χ4v) is 0.778. The Morgan fingerprint density at radius 3 is 2.13 bits per heavy atom. The molecule has 15 heavy (non-hydrogen) atoms. The van der Waals surface area contributed by atoms with E-state index in [1.807, 2.05) is 13.8 Å². The molecule has 0 bridgehead atoms. The smallest absolute Gasteiger partial charge is 0.246 e. The molecule has 5 nitrogen and oxygen atoms in total. The minimum absolute atomic E-state index is 0.0565. The van der Waals surface area contributed by atoms with Crippen LogP contribution in [0.15, 0.2) is 0 Å². The van der Waals surface area contributed by atoms with Crippen molar-refractivity contribution < 1.29 is 19.0 Å². The molecule has 0 aliphatic rings. The molecule has 0 fully saturated rings. The summed E-state index contributed by atoms with van der Waals surface area (Å²) in [7, 11) is 1.63. The van der Waals surface area contributed by atoms with Crippen molar-refractivity contribution in [2.24, 2.45) is 5.73 Å². The highest BCUT2D eigenvalue weighted by Gasteiger charge is 2.12. The summed E-state index contributed by atoms with van der Waals surface area (Å²) in [5.74, 6) is -0.465. The molecule has 0 heterocycles. The van der Waals surface area contributed by atoms with Crippen LogP contribution in [0.5, 0.6) is 0 Å². The second-order valence-corrected chi connectivity index (χ2v) is 3.57. The van der Waals surface area contributed by atoms with Crippen LogP contribution in [-0.2, 0) is 19.0 Å². The highest BCUT2D eigenvalue weighted by molar-refractivity contribution is 5.78. The van der Waals surface area contributed by atoms with E-state index in [4.69, 9.17) is 19.9 Å². The second-order valence-electron chi connectivity index (χ2n) is 3.57. The Kier molecular flexibility index (Phi) is 7.29. The number of primary amides is 1. The van der Waals surface area contributed by atoms with E-state index in [1.165, 1.54) is 0 Å². The average molecular weight is 219 g/mol. The predicted octanol–water partition coefficient (Wildman–Crippen LogP) is 0.317. The van der Waals surface area contributed by atoms with E-state index >= 15 is 0 Å². The van der Waals surface area contributed by atoms with Crippen LogP contribution in [0.4, 0.5) is 0 Å². The quantitative estimate of drug-likeness (QED) is 0.638. The molecule has 1 amide bonds. The van der Waals surface area contributed by atoms with Gasteiger partial charge in [0, 0.05) is 7.11 Å². The first-order chi connectivity index (χ1) is 6.97. The molecule has 0 radical (unpaired) electrons. The van der Waals surface area contributed by atoms with E-state index in [-0.39, 0.29) is 12.2 Å². The molecule has 90 valence electrons. The summed E-state index contributed by atoms with van der Waals surface area (Å²) >= 11 is 0. The molecule has 0 aliphatic carbocycles.